The Balaban J connectivity index is 1.80. The number of benzene rings is 2. The highest BCUT2D eigenvalue weighted by Crippen LogP contribution is 2.14. The number of amides is 2. The molecule has 0 aromatic heterocycles. The van der Waals surface area contributed by atoms with E-state index in [1.165, 1.54) is 6.07 Å². The number of hydrogen-bond acceptors (Lipinski definition) is 4. The van der Waals surface area contributed by atoms with Crippen molar-refractivity contribution in [1.82, 2.24) is 15.4 Å². The van der Waals surface area contributed by atoms with E-state index in [0.717, 1.165) is 16.7 Å². The fraction of sp³-hybridized carbons (Fsp3) is 0.300. The lowest BCUT2D eigenvalue weighted by Gasteiger charge is -2.14. The zero-order valence-electron chi connectivity index (χ0n) is 16.2. The predicted molar refractivity (Wildman–Crippen MR) is 107 cm³/mol. The van der Waals surface area contributed by atoms with Gasteiger partial charge in [-0.3, -0.25) is 9.59 Å². The van der Waals surface area contributed by atoms with Gasteiger partial charge in [0.05, 0.1) is 24.0 Å². The van der Waals surface area contributed by atoms with Crippen molar-refractivity contribution in [2.45, 2.75) is 31.7 Å². The maximum Gasteiger partial charge on any atom is 0.241 e. The summed E-state index contributed by atoms with van der Waals surface area (Å²) in [7, 11) is -3.80. The minimum absolute atomic E-state index is 0.0952. The number of nitrogens with one attached hydrogen (secondary N) is 3. The Kier molecular flexibility index (Phi) is 7.31. The van der Waals surface area contributed by atoms with Crippen LogP contribution in [0.5, 0.6) is 0 Å². The second-order valence-electron chi connectivity index (χ2n) is 6.55. The van der Waals surface area contributed by atoms with Gasteiger partial charge in [-0.25, -0.2) is 13.1 Å². The summed E-state index contributed by atoms with van der Waals surface area (Å²) < 4.78 is 26.8. The maximum absolute atomic E-state index is 12.3. The van der Waals surface area contributed by atoms with Crippen LogP contribution < -0.4 is 15.4 Å². The van der Waals surface area contributed by atoms with Crippen LogP contribution in [0.25, 0.3) is 0 Å². The van der Waals surface area contributed by atoms with Gasteiger partial charge in [0, 0.05) is 0 Å². The van der Waals surface area contributed by atoms with E-state index in [1.807, 2.05) is 51.1 Å². The van der Waals surface area contributed by atoms with E-state index in [0.29, 0.717) is 0 Å². The largest absolute Gasteiger partial charge is 0.348 e. The zero-order chi connectivity index (χ0) is 20.7. The minimum Gasteiger partial charge on any atom is -0.348 e. The molecule has 0 aliphatic carbocycles. The first-order valence-corrected chi connectivity index (χ1v) is 10.4. The van der Waals surface area contributed by atoms with E-state index >= 15 is 0 Å². The summed E-state index contributed by atoms with van der Waals surface area (Å²) in [4.78, 5) is 23.9. The van der Waals surface area contributed by atoms with Gasteiger partial charge in [-0.15, -0.1) is 0 Å². The van der Waals surface area contributed by atoms with Gasteiger partial charge in [0.1, 0.15) is 0 Å². The molecule has 7 nitrogen and oxygen atoms in total. The second-order valence-corrected chi connectivity index (χ2v) is 8.31. The first-order chi connectivity index (χ1) is 13.2. The normalized spacial score (nSPS) is 12.2. The van der Waals surface area contributed by atoms with Crippen molar-refractivity contribution in [3.63, 3.8) is 0 Å². The minimum atomic E-state index is -3.80. The highest BCUT2D eigenvalue weighted by molar-refractivity contribution is 7.89. The van der Waals surface area contributed by atoms with Gasteiger partial charge in [0.25, 0.3) is 0 Å². The molecule has 2 amide bonds. The third-order valence-electron chi connectivity index (χ3n) is 4.33. The van der Waals surface area contributed by atoms with Crippen molar-refractivity contribution in [3.8, 4) is 0 Å². The van der Waals surface area contributed by atoms with Crippen LogP contribution in [-0.2, 0) is 19.6 Å². The number of hydrogen-bond donors (Lipinski definition) is 3. The van der Waals surface area contributed by atoms with Crippen LogP contribution in [0.4, 0.5) is 0 Å². The van der Waals surface area contributed by atoms with Crippen LogP contribution in [0.15, 0.2) is 53.4 Å². The van der Waals surface area contributed by atoms with Crippen molar-refractivity contribution in [2.75, 3.05) is 13.1 Å². The molecule has 3 N–H and O–H groups in total. The average molecular weight is 404 g/mol. The molecule has 0 saturated carbocycles. The quantitative estimate of drug-likeness (QED) is 0.622. The van der Waals surface area contributed by atoms with E-state index in [4.69, 9.17) is 0 Å². The highest BCUT2D eigenvalue weighted by atomic mass is 32.2. The molecule has 0 radical (unpaired) electrons. The molecule has 0 saturated heterocycles. The summed E-state index contributed by atoms with van der Waals surface area (Å²) in [6, 6.07) is 14.0. The van der Waals surface area contributed by atoms with Gasteiger partial charge >= 0.3 is 0 Å². The molecule has 0 unspecified atom stereocenters. The fourth-order valence-corrected chi connectivity index (χ4v) is 3.55. The van der Waals surface area contributed by atoms with E-state index < -0.39 is 22.5 Å². The highest BCUT2D eigenvalue weighted by Gasteiger charge is 2.17. The maximum atomic E-state index is 12.3. The summed E-state index contributed by atoms with van der Waals surface area (Å²) in [5.74, 6) is -0.948. The van der Waals surface area contributed by atoms with Crippen LogP contribution >= 0.6 is 0 Å². The standard InChI is InChI=1S/C20H25N3O4S/c1-14-9-10-18(11-15(14)2)28(26,27)22-13-19(24)21-12-20(25)23-16(3)17-7-5-4-6-8-17/h4-11,16,22H,12-13H2,1-3H3,(H,21,24)(H,23,25)/t16-/m0/s1. The van der Waals surface area contributed by atoms with Gasteiger partial charge in [-0.05, 0) is 49.6 Å². The van der Waals surface area contributed by atoms with Crippen molar-refractivity contribution in [3.05, 3.63) is 65.2 Å². The third kappa shape index (κ3) is 6.17. The molecule has 0 aliphatic heterocycles. The summed E-state index contributed by atoms with van der Waals surface area (Å²) in [5.41, 5.74) is 2.77. The first-order valence-electron chi connectivity index (χ1n) is 8.87. The molecule has 8 heteroatoms. The number of carbonyl (C=O) groups excluding carboxylic acids is 2. The Morgan fingerprint density at radius 3 is 2.25 bits per heavy atom. The van der Waals surface area contributed by atoms with Gasteiger partial charge in [-0.2, -0.15) is 0 Å². The molecular weight excluding hydrogens is 378 g/mol. The topological polar surface area (TPSA) is 104 Å². The lowest BCUT2D eigenvalue weighted by atomic mass is 10.1. The van der Waals surface area contributed by atoms with Crippen LogP contribution in [0.3, 0.4) is 0 Å². The molecule has 1 atom stereocenters. The van der Waals surface area contributed by atoms with Crippen molar-refractivity contribution < 1.29 is 18.0 Å². The monoisotopic (exact) mass is 403 g/mol. The van der Waals surface area contributed by atoms with Gasteiger partial charge in [0.2, 0.25) is 21.8 Å². The SMILES string of the molecule is Cc1ccc(S(=O)(=O)NCC(=O)NCC(=O)N[C@@H](C)c2ccccc2)cc1C. The molecule has 0 spiro atoms. The summed E-state index contributed by atoms with van der Waals surface area (Å²) >= 11 is 0. The van der Waals surface area contributed by atoms with Crippen molar-refractivity contribution in [2.24, 2.45) is 0 Å². The summed E-state index contributed by atoms with van der Waals surface area (Å²) in [6.07, 6.45) is 0. The molecule has 0 heterocycles. The molecule has 2 rings (SSSR count). The molecule has 0 aliphatic rings. The molecule has 150 valence electrons. The summed E-state index contributed by atoms with van der Waals surface area (Å²) in [6.45, 7) is 4.86. The molecule has 28 heavy (non-hydrogen) atoms. The number of carbonyl (C=O) groups is 2. The Morgan fingerprint density at radius 2 is 1.61 bits per heavy atom. The number of rotatable bonds is 8. The number of sulfonamides is 1. The second kappa shape index (κ2) is 9.48. The smallest absolute Gasteiger partial charge is 0.241 e. The van der Waals surface area contributed by atoms with E-state index in [9.17, 15) is 18.0 Å². The van der Waals surface area contributed by atoms with E-state index in [1.54, 1.807) is 12.1 Å². The van der Waals surface area contributed by atoms with E-state index in [-0.39, 0.29) is 23.4 Å². The Morgan fingerprint density at radius 1 is 0.929 bits per heavy atom. The van der Waals surface area contributed by atoms with Crippen LogP contribution in [0.1, 0.15) is 29.7 Å². The van der Waals surface area contributed by atoms with Crippen molar-refractivity contribution >= 4 is 21.8 Å². The first kappa shape index (κ1) is 21.6. The van der Waals surface area contributed by atoms with Crippen LogP contribution in [-0.4, -0.2) is 33.3 Å². The third-order valence-corrected chi connectivity index (χ3v) is 5.73. The van der Waals surface area contributed by atoms with Crippen LogP contribution in [0, 0.1) is 13.8 Å². The molecular formula is C20H25N3O4S. The lowest BCUT2D eigenvalue weighted by Crippen LogP contribution is -2.42. The van der Waals surface area contributed by atoms with Gasteiger partial charge < -0.3 is 10.6 Å². The van der Waals surface area contributed by atoms with Crippen molar-refractivity contribution in [1.29, 1.82) is 0 Å². The average Bonchev–Trinajstić information content (AvgIpc) is 2.67. The molecule has 2 aromatic rings. The Labute approximate surface area is 165 Å². The fourth-order valence-electron chi connectivity index (χ4n) is 2.48. The van der Waals surface area contributed by atoms with Gasteiger partial charge in [-0.1, -0.05) is 36.4 Å². The van der Waals surface area contributed by atoms with E-state index in [2.05, 4.69) is 15.4 Å². The molecule has 0 fully saturated rings. The lowest BCUT2D eigenvalue weighted by molar-refractivity contribution is -0.125. The van der Waals surface area contributed by atoms with Gasteiger partial charge in [0.15, 0.2) is 0 Å². The molecule has 0 bridgehead atoms. The number of aryl methyl sites for hydroxylation is 2. The summed E-state index contributed by atoms with van der Waals surface area (Å²) in [5, 5.41) is 5.17. The van der Waals surface area contributed by atoms with Crippen LogP contribution in [0.2, 0.25) is 0 Å². The Bertz CT molecular complexity index is 943. The zero-order valence-corrected chi connectivity index (χ0v) is 17.0. The Hall–Kier alpha value is -2.71. The molecule has 2 aromatic carbocycles. The predicted octanol–water partition coefficient (Wildman–Crippen LogP) is 1.58.